The van der Waals surface area contributed by atoms with Crippen molar-refractivity contribution >= 4 is 16.8 Å². The van der Waals surface area contributed by atoms with Gasteiger partial charge in [-0.15, -0.1) is 0 Å². The first-order chi connectivity index (χ1) is 12.7. The average molecular weight is 344 g/mol. The van der Waals surface area contributed by atoms with Crippen LogP contribution in [0.1, 0.15) is 15.9 Å². The van der Waals surface area contributed by atoms with Gasteiger partial charge in [0.05, 0.1) is 29.4 Å². The van der Waals surface area contributed by atoms with E-state index in [0.29, 0.717) is 12.1 Å². The van der Waals surface area contributed by atoms with Crippen molar-refractivity contribution in [3.8, 4) is 11.3 Å². The van der Waals surface area contributed by atoms with Gasteiger partial charge in [0.15, 0.2) is 0 Å². The molecule has 0 saturated carbocycles. The Kier molecular flexibility index (Phi) is 4.27. The van der Waals surface area contributed by atoms with Crippen LogP contribution in [-0.4, -0.2) is 40.1 Å². The molecule has 4 heteroatoms. The van der Waals surface area contributed by atoms with Crippen LogP contribution >= 0.6 is 0 Å². The molecular weight excluding hydrogens is 324 g/mol. The molecule has 2 aromatic carbocycles. The summed E-state index contributed by atoms with van der Waals surface area (Å²) in [6.45, 7) is 2.48. The van der Waals surface area contributed by atoms with E-state index < -0.39 is 0 Å². The van der Waals surface area contributed by atoms with Crippen molar-refractivity contribution in [1.82, 2.24) is 9.88 Å². The first-order valence-corrected chi connectivity index (χ1v) is 8.72. The van der Waals surface area contributed by atoms with Crippen LogP contribution in [-0.2, 0) is 0 Å². The second kappa shape index (κ2) is 6.73. The smallest absolute Gasteiger partial charge is 0.255 e. The van der Waals surface area contributed by atoms with Crippen molar-refractivity contribution in [3.05, 3.63) is 77.9 Å². The summed E-state index contributed by atoms with van der Waals surface area (Å²) < 4.78 is 0. The summed E-state index contributed by atoms with van der Waals surface area (Å²) in [5, 5.41) is 10.4. The highest BCUT2D eigenvalue weighted by atomic mass is 16.3. The van der Waals surface area contributed by atoms with Crippen molar-refractivity contribution < 1.29 is 9.90 Å². The standard InChI is InChI=1S/C22H20N2O2/c1-15-8-10-16(11-9-15)21-13-19(18-6-2-3-7-20(18)23-21)22(26)24-12-4-5-17(24)14-25/h2-11,13,17,25H,12,14H2,1H3. The second-order valence-corrected chi connectivity index (χ2v) is 6.57. The van der Waals surface area contributed by atoms with E-state index >= 15 is 0 Å². The highest BCUT2D eigenvalue weighted by molar-refractivity contribution is 6.07. The molecule has 1 amide bonds. The SMILES string of the molecule is Cc1ccc(-c2cc(C(=O)N3CC=CC3CO)c3ccccc3n2)cc1. The van der Waals surface area contributed by atoms with Gasteiger partial charge in [-0.2, -0.15) is 0 Å². The van der Waals surface area contributed by atoms with Crippen LogP contribution in [0.15, 0.2) is 66.7 Å². The monoisotopic (exact) mass is 344 g/mol. The van der Waals surface area contributed by atoms with Gasteiger partial charge in [0, 0.05) is 17.5 Å². The molecule has 0 bridgehead atoms. The molecule has 4 rings (SSSR count). The van der Waals surface area contributed by atoms with Gasteiger partial charge in [-0.1, -0.05) is 60.2 Å². The first-order valence-electron chi connectivity index (χ1n) is 8.72. The molecule has 1 aliphatic rings. The maximum atomic E-state index is 13.2. The lowest BCUT2D eigenvalue weighted by Gasteiger charge is -2.24. The maximum Gasteiger partial charge on any atom is 0.255 e. The van der Waals surface area contributed by atoms with Gasteiger partial charge in [-0.25, -0.2) is 4.98 Å². The van der Waals surface area contributed by atoms with Gasteiger partial charge >= 0.3 is 0 Å². The molecule has 1 N–H and O–H groups in total. The highest BCUT2D eigenvalue weighted by Crippen LogP contribution is 2.27. The molecule has 0 aliphatic carbocycles. The van der Waals surface area contributed by atoms with E-state index in [4.69, 9.17) is 4.98 Å². The number of benzene rings is 2. The molecule has 0 radical (unpaired) electrons. The van der Waals surface area contributed by atoms with Gasteiger partial charge in [-0.3, -0.25) is 4.79 Å². The number of fused-ring (bicyclic) bond motifs is 1. The Labute approximate surface area is 152 Å². The molecule has 2 heterocycles. The summed E-state index contributed by atoms with van der Waals surface area (Å²) in [5.74, 6) is -0.0824. The van der Waals surface area contributed by atoms with Crippen LogP contribution in [0.25, 0.3) is 22.2 Å². The largest absolute Gasteiger partial charge is 0.394 e. The molecule has 0 saturated heterocycles. The number of rotatable bonds is 3. The predicted molar refractivity (Wildman–Crippen MR) is 103 cm³/mol. The van der Waals surface area contributed by atoms with E-state index in [1.54, 1.807) is 4.90 Å². The Morgan fingerprint density at radius 3 is 2.73 bits per heavy atom. The van der Waals surface area contributed by atoms with Crippen molar-refractivity contribution in [2.75, 3.05) is 13.2 Å². The Morgan fingerprint density at radius 2 is 1.96 bits per heavy atom. The Morgan fingerprint density at radius 1 is 1.19 bits per heavy atom. The molecular formula is C22H20N2O2. The topological polar surface area (TPSA) is 53.4 Å². The fourth-order valence-electron chi connectivity index (χ4n) is 3.34. The second-order valence-electron chi connectivity index (χ2n) is 6.57. The zero-order chi connectivity index (χ0) is 18.1. The first kappa shape index (κ1) is 16.5. The number of aliphatic hydroxyl groups is 1. The fraction of sp³-hybridized carbons (Fsp3) is 0.182. The number of pyridine rings is 1. The number of carbonyl (C=O) groups excluding carboxylic acids is 1. The number of carbonyl (C=O) groups is 1. The normalized spacial score (nSPS) is 16.4. The maximum absolute atomic E-state index is 13.2. The van der Waals surface area contributed by atoms with Gasteiger partial charge in [0.25, 0.3) is 5.91 Å². The molecule has 4 nitrogen and oxygen atoms in total. The molecule has 1 aromatic heterocycles. The minimum Gasteiger partial charge on any atom is -0.394 e. The summed E-state index contributed by atoms with van der Waals surface area (Å²) in [4.78, 5) is 19.7. The zero-order valence-electron chi connectivity index (χ0n) is 14.6. The third kappa shape index (κ3) is 2.89. The highest BCUT2D eigenvalue weighted by Gasteiger charge is 2.26. The number of hydrogen-bond donors (Lipinski definition) is 1. The lowest BCUT2D eigenvalue weighted by Crippen LogP contribution is -2.38. The molecule has 26 heavy (non-hydrogen) atoms. The number of hydrogen-bond acceptors (Lipinski definition) is 3. The molecule has 130 valence electrons. The van der Waals surface area contributed by atoms with E-state index in [9.17, 15) is 9.90 Å². The third-order valence-corrected chi connectivity index (χ3v) is 4.80. The average Bonchev–Trinajstić information content (AvgIpc) is 3.16. The van der Waals surface area contributed by atoms with Crippen molar-refractivity contribution in [2.24, 2.45) is 0 Å². The van der Waals surface area contributed by atoms with Crippen LogP contribution in [0.4, 0.5) is 0 Å². The minimum absolute atomic E-state index is 0.0733. The number of aryl methyl sites for hydroxylation is 1. The van der Waals surface area contributed by atoms with Gasteiger partial charge in [0.1, 0.15) is 0 Å². The summed E-state index contributed by atoms with van der Waals surface area (Å²) in [6, 6.07) is 17.4. The Bertz CT molecular complexity index is 993. The summed E-state index contributed by atoms with van der Waals surface area (Å²) >= 11 is 0. The Hall–Kier alpha value is -2.98. The van der Waals surface area contributed by atoms with E-state index in [2.05, 4.69) is 0 Å². The van der Waals surface area contributed by atoms with Crippen LogP contribution in [0.5, 0.6) is 0 Å². The van der Waals surface area contributed by atoms with E-state index in [-0.39, 0.29) is 18.6 Å². The van der Waals surface area contributed by atoms with Crippen molar-refractivity contribution in [3.63, 3.8) is 0 Å². The van der Waals surface area contributed by atoms with E-state index in [1.165, 1.54) is 5.56 Å². The van der Waals surface area contributed by atoms with E-state index in [1.807, 2.05) is 73.7 Å². The van der Waals surface area contributed by atoms with Crippen LogP contribution in [0, 0.1) is 6.92 Å². The summed E-state index contributed by atoms with van der Waals surface area (Å²) in [6.07, 6.45) is 3.80. The Balaban J connectivity index is 1.85. The molecule has 0 fully saturated rings. The molecule has 1 unspecified atom stereocenters. The van der Waals surface area contributed by atoms with Crippen molar-refractivity contribution in [1.29, 1.82) is 0 Å². The van der Waals surface area contributed by atoms with Crippen LogP contribution in [0.2, 0.25) is 0 Å². The molecule has 3 aromatic rings. The summed E-state index contributed by atoms with van der Waals surface area (Å²) in [7, 11) is 0. The van der Waals surface area contributed by atoms with Crippen molar-refractivity contribution in [2.45, 2.75) is 13.0 Å². The van der Waals surface area contributed by atoms with Crippen LogP contribution < -0.4 is 0 Å². The minimum atomic E-state index is -0.266. The molecule has 1 aliphatic heterocycles. The lowest BCUT2D eigenvalue weighted by molar-refractivity contribution is 0.0702. The van der Waals surface area contributed by atoms with Gasteiger partial charge in [0.2, 0.25) is 0 Å². The van der Waals surface area contributed by atoms with Crippen LogP contribution in [0.3, 0.4) is 0 Å². The quantitative estimate of drug-likeness (QED) is 0.739. The number of para-hydroxylation sites is 1. The lowest BCUT2D eigenvalue weighted by atomic mass is 10.0. The third-order valence-electron chi connectivity index (χ3n) is 4.80. The molecule has 1 atom stereocenters. The predicted octanol–water partition coefficient (Wildman–Crippen LogP) is 3.58. The number of aromatic nitrogens is 1. The van der Waals surface area contributed by atoms with E-state index in [0.717, 1.165) is 22.2 Å². The summed E-state index contributed by atoms with van der Waals surface area (Å²) in [5.41, 5.74) is 4.35. The van der Waals surface area contributed by atoms with Gasteiger partial charge in [-0.05, 0) is 19.1 Å². The van der Waals surface area contributed by atoms with Gasteiger partial charge < -0.3 is 10.0 Å². The molecule has 0 spiro atoms. The number of aliphatic hydroxyl groups excluding tert-OH is 1. The number of amides is 1. The zero-order valence-corrected chi connectivity index (χ0v) is 14.6. The fourth-order valence-corrected chi connectivity index (χ4v) is 3.34. The number of nitrogens with zero attached hydrogens (tertiary/aromatic N) is 2.